The largest absolute Gasteiger partial charge is 0.463 e. The number of carbonyl (C=O) groups is 1. The first-order chi connectivity index (χ1) is 7.83. The number of anilines is 1. The average molecular weight is 239 g/mol. The number of rotatable bonds is 6. The molecule has 0 saturated heterocycles. The van der Waals surface area contributed by atoms with Crippen LogP contribution in [0.1, 0.15) is 0 Å². The minimum atomic E-state index is -0.413. The maximum absolute atomic E-state index is 11.0. The van der Waals surface area contributed by atoms with E-state index < -0.39 is 5.97 Å². The van der Waals surface area contributed by atoms with Crippen molar-refractivity contribution >= 4 is 23.7 Å². The maximum atomic E-state index is 11.0. The van der Waals surface area contributed by atoms with Crippen LogP contribution in [0.5, 0.6) is 0 Å². The number of thioether (sulfide) groups is 1. The first-order valence-electron chi connectivity index (χ1n) is 4.35. The van der Waals surface area contributed by atoms with Gasteiger partial charge in [-0.05, 0) is 11.8 Å². The lowest BCUT2D eigenvalue weighted by atomic mass is 10.6. The zero-order chi connectivity index (χ0) is 11.6. The summed E-state index contributed by atoms with van der Waals surface area (Å²) in [5.41, 5.74) is 0. The number of carbonyl (C=O) groups excluding carboxylic acids is 1. The highest BCUT2D eigenvalue weighted by atomic mass is 32.2. The van der Waals surface area contributed by atoms with Crippen molar-refractivity contribution < 1.29 is 9.53 Å². The van der Waals surface area contributed by atoms with Crippen LogP contribution >= 0.6 is 11.8 Å². The van der Waals surface area contributed by atoms with E-state index in [2.05, 4.69) is 20.3 Å². The third-order valence-corrected chi connectivity index (χ3v) is 1.91. The molecule has 84 valence electrons. The molecule has 8 heteroatoms. The smallest absolute Gasteiger partial charge is 0.317 e. The van der Waals surface area contributed by atoms with Crippen LogP contribution in [0, 0.1) is 10.7 Å². The van der Waals surface area contributed by atoms with Crippen molar-refractivity contribution in [2.24, 2.45) is 0 Å². The van der Waals surface area contributed by atoms with Crippen molar-refractivity contribution in [1.29, 1.82) is 5.26 Å². The van der Waals surface area contributed by atoms with Crippen molar-refractivity contribution in [3.8, 4) is 5.40 Å². The summed E-state index contributed by atoms with van der Waals surface area (Å²) >= 11 is 0.848. The van der Waals surface area contributed by atoms with E-state index in [1.54, 1.807) is 5.40 Å². The average Bonchev–Trinajstić information content (AvgIpc) is 2.33. The van der Waals surface area contributed by atoms with E-state index in [0.29, 0.717) is 12.5 Å². The number of esters is 1. The van der Waals surface area contributed by atoms with Gasteiger partial charge in [-0.25, -0.2) is 15.0 Å². The highest BCUT2D eigenvalue weighted by Gasteiger charge is 2.02. The van der Waals surface area contributed by atoms with Crippen LogP contribution in [-0.2, 0) is 9.53 Å². The van der Waals surface area contributed by atoms with Crippen molar-refractivity contribution in [2.75, 3.05) is 24.2 Å². The molecule has 0 aromatic carbocycles. The molecule has 1 heterocycles. The monoisotopic (exact) mass is 239 g/mol. The summed E-state index contributed by atoms with van der Waals surface area (Å²) in [5.74, 6) is 0.0591. The number of hydrogen-bond donors (Lipinski definition) is 1. The van der Waals surface area contributed by atoms with E-state index in [1.807, 2.05) is 0 Å². The van der Waals surface area contributed by atoms with Gasteiger partial charge in [0, 0.05) is 0 Å². The van der Waals surface area contributed by atoms with E-state index >= 15 is 0 Å². The Morgan fingerprint density at radius 1 is 1.56 bits per heavy atom. The molecule has 0 radical (unpaired) electrons. The van der Waals surface area contributed by atoms with Crippen LogP contribution in [0.3, 0.4) is 0 Å². The fourth-order valence-corrected chi connectivity index (χ4v) is 1.06. The Hall–Kier alpha value is -1.88. The zero-order valence-corrected chi connectivity index (χ0v) is 9.11. The number of aromatic nitrogens is 3. The molecule has 1 aromatic heterocycles. The Kier molecular flexibility index (Phi) is 5.65. The summed E-state index contributed by atoms with van der Waals surface area (Å²) in [5, 5.41) is 12.8. The van der Waals surface area contributed by atoms with Gasteiger partial charge in [0.1, 0.15) is 30.4 Å². The number of ether oxygens (including phenoxy) is 1. The molecule has 1 rings (SSSR count). The highest BCUT2D eigenvalue weighted by Crippen LogP contribution is 1.96. The van der Waals surface area contributed by atoms with Gasteiger partial charge in [-0.2, -0.15) is 5.26 Å². The second kappa shape index (κ2) is 7.42. The Bertz CT molecular complexity index is 366. The molecule has 0 aliphatic heterocycles. The summed E-state index contributed by atoms with van der Waals surface area (Å²) < 4.78 is 4.82. The van der Waals surface area contributed by atoms with Gasteiger partial charge in [-0.3, -0.25) is 4.79 Å². The third kappa shape index (κ3) is 5.11. The molecule has 0 saturated carbocycles. The number of hydrogen-bond acceptors (Lipinski definition) is 8. The van der Waals surface area contributed by atoms with Gasteiger partial charge in [0.05, 0.1) is 6.54 Å². The molecule has 1 aromatic rings. The number of nitrogens with one attached hydrogen (secondary N) is 1. The van der Waals surface area contributed by atoms with Crippen molar-refractivity contribution in [2.45, 2.75) is 0 Å². The van der Waals surface area contributed by atoms with Gasteiger partial charge in [-0.15, -0.1) is 0 Å². The lowest BCUT2D eigenvalue weighted by molar-refractivity contribution is -0.139. The molecular formula is C8H9N5O2S. The predicted octanol–water partition coefficient (Wildman–Crippen LogP) is 0.0410. The van der Waals surface area contributed by atoms with Gasteiger partial charge < -0.3 is 10.1 Å². The third-order valence-electron chi connectivity index (χ3n) is 1.40. The SMILES string of the molecule is N#CSCC(=O)OCCNc1ncncn1. The maximum Gasteiger partial charge on any atom is 0.317 e. The Morgan fingerprint density at radius 3 is 3.00 bits per heavy atom. The topological polar surface area (TPSA) is 101 Å². The van der Waals surface area contributed by atoms with Gasteiger partial charge in [-0.1, -0.05) is 0 Å². The van der Waals surface area contributed by atoms with Crippen molar-refractivity contribution in [3.05, 3.63) is 12.7 Å². The van der Waals surface area contributed by atoms with Gasteiger partial charge in [0.25, 0.3) is 0 Å². The molecule has 16 heavy (non-hydrogen) atoms. The summed E-state index contributed by atoms with van der Waals surface area (Å²) in [6.07, 6.45) is 2.73. The minimum Gasteiger partial charge on any atom is -0.463 e. The quantitative estimate of drug-likeness (QED) is 0.422. The van der Waals surface area contributed by atoms with Crippen LogP contribution in [0.15, 0.2) is 12.7 Å². The summed E-state index contributed by atoms with van der Waals surface area (Å²) in [4.78, 5) is 22.3. The number of nitriles is 1. The fraction of sp³-hybridized carbons (Fsp3) is 0.375. The van der Waals surface area contributed by atoms with Crippen LogP contribution < -0.4 is 5.32 Å². The lowest BCUT2D eigenvalue weighted by Crippen LogP contribution is -2.16. The minimum absolute atomic E-state index is 0.0439. The molecule has 7 nitrogen and oxygen atoms in total. The number of thiocyanates is 1. The standard InChI is InChI=1S/C8H9N5O2S/c9-4-16-3-7(14)15-2-1-11-8-12-5-10-6-13-8/h5-6H,1-3H2,(H,10,11,12,13). The van der Waals surface area contributed by atoms with E-state index in [4.69, 9.17) is 10.00 Å². The zero-order valence-electron chi connectivity index (χ0n) is 8.29. The van der Waals surface area contributed by atoms with Crippen molar-refractivity contribution in [1.82, 2.24) is 15.0 Å². The van der Waals surface area contributed by atoms with E-state index in [-0.39, 0.29) is 12.4 Å². The van der Waals surface area contributed by atoms with Gasteiger partial charge >= 0.3 is 5.97 Å². The summed E-state index contributed by atoms with van der Waals surface area (Å²) in [7, 11) is 0. The Morgan fingerprint density at radius 2 is 2.31 bits per heavy atom. The summed E-state index contributed by atoms with van der Waals surface area (Å²) in [6.45, 7) is 0.615. The van der Waals surface area contributed by atoms with Crippen LogP contribution in [0.4, 0.5) is 5.95 Å². The van der Waals surface area contributed by atoms with Crippen molar-refractivity contribution in [3.63, 3.8) is 0 Å². The second-order valence-corrected chi connectivity index (χ2v) is 3.25. The summed E-state index contributed by atoms with van der Waals surface area (Å²) in [6, 6.07) is 0. The Balaban J connectivity index is 2.08. The van der Waals surface area contributed by atoms with Crippen LogP contribution in [-0.4, -0.2) is 39.8 Å². The fourth-order valence-electron chi connectivity index (χ4n) is 0.791. The van der Waals surface area contributed by atoms with E-state index in [9.17, 15) is 4.79 Å². The molecule has 0 bridgehead atoms. The highest BCUT2D eigenvalue weighted by molar-refractivity contribution is 8.04. The van der Waals surface area contributed by atoms with E-state index in [1.165, 1.54) is 12.7 Å². The molecule has 0 aliphatic carbocycles. The van der Waals surface area contributed by atoms with Crippen LogP contribution in [0.2, 0.25) is 0 Å². The molecule has 0 aliphatic rings. The van der Waals surface area contributed by atoms with Gasteiger partial charge in [0.2, 0.25) is 5.95 Å². The first-order valence-corrected chi connectivity index (χ1v) is 5.34. The molecular weight excluding hydrogens is 230 g/mol. The van der Waals surface area contributed by atoms with Gasteiger partial charge in [0.15, 0.2) is 0 Å². The molecule has 0 fully saturated rings. The predicted molar refractivity (Wildman–Crippen MR) is 57.3 cm³/mol. The van der Waals surface area contributed by atoms with E-state index in [0.717, 1.165) is 11.8 Å². The molecule has 0 amide bonds. The second-order valence-electron chi connectivity index (χ2n) is 2.49. The molecule has 1 N–H and O–H groups in total. The molecule has 0 atom stereocenters. The normalized spacial score (nSPS) is 9.19. The first kappa shape index (κ1) is 12.2. The van der Waals surface area contributed by atoms with Crippen LogP contribution in [0.25, 0.3) is 0 Å². The Labute approximate surface area is 96.3 Å². The number of nitrogens with zero attached hydrogens (tertiary/aromatic N) is 4. The molecule has 0 unspecified atom stereocenters. The lowest BCUT2D eigenvalue weighted by Gasteiger charge is -2.04. The molecule has 0 spiro atoms.